The zero-order chi connectivity index (χ0) is 14.7. The normalized spacial score (nSPS) is 28.7. The topological polar surface area (TPSA) is 29.3 Å². The molecule has 2 fully saturated rings. The van der Waals surface area contributed by atoms with E-state index in [9.17, 15) is 0 Å². The monoisotopic (exact) mass is 306 g/mol. The summed E-state index contributed by atoms with van der Waals surface area (Å²) in [5, 5.41) is 0.833. The fourth-order valence-corrected chi connectivity index (χ4v) is 4.16. The Balaban J connectivity index is 1.49. The molecule has 0 bridgehead atoms. The first-order valence-corrected chi connectivity index (χ1v) is 8.84. The third kappa shape index (κ3) is 4.00. The lowest BCUT2D eigenvalue weighted by Gasteiger charge is -2.42. The van der Waals surface area contributed by atoms with Gasteiger partial charge >= 0.3 is 0 Å². The first-order valence-electron chi connectivity index (χ1n) is 8.46. The summed E-state index contributed by atoms with van der Waals surface area (Å²) in [5.74, 6) is 0.822. The summed E-state index contributed by atoms with van der Waals surface area (Å²) in [6, 6.07) is 9.42. The third-order valence-electron chi connectivity index (χ3n) is 5.34. The summed E-state index contributed by atoms with van der Waals surface area (Å²) in [6.07, 6.45) is 9.03. The maximum absolute atomic E-state index is 6.33. The molecule has 2 N–H and O–H groups in total. The second kappa shape index (κ2) is 7.13. The molecule has 1 saturated carbocycles. The van der Waals surface area contributed by atoms with Crippen LogP contribution in [0.15, 0.2) is 24.3 Å². The highest BCUT2D eigenvalue weighted by Crippen LogP contribution is 2.28. The summed E-state index contributed by atoms with van der Waals surface area (Å²) in [7, 11) is 0. The number of hydrogen-bond donors (Lipinski definition) is 1. The van der Waals surface area contributed by atoms with Gasteiger partial charge in [-0.05, 0) is 68.8 Å². The number of benzene rings is 1. The SMILES string of the molecule is N[C@@H]1CCCC[C@H]1N1CCC(Cc2ccc(Cl)cc2)CC1. The molecule has 1 aromatic carbocycles. The van der Waals surface area contributed by atoms with Crippen molar-refractivity contribution in [2.45, 2.75) is 57.0 Å². The van der Waals surface area contributed by atoms with Crippen LogP contribution in [0, 0.1) is 5.92 Å². The van der Waals surface area contributed by atoms with Crippen molar-refractivity contribution in [1.29, 1.82) is 0 Å². The number of rotatable bonds is 3. The fraction of sp³-hybridized carbons (Fsp3) is 0.667. The van der Waals surface area contributed by atoms with Crippen LogP contribution in [0.4, 0.5) is 0 Å². The summed E-state index contributed by atoms with van der Waals surface area (Å²) in [5.41, 5.74) is 7.75. The average Bonchev–Trinajstić information content (AvgIpc) is 2.51. The summed E-state index contributed by atoms with van der Waals surface area (Å²) < 4.78 is 0. The largest absolute Gasteiger partial charge is 0.326 e. The Kier molecular flexibility index (Phi) is 5.20. The maximum atomic E-state index is 6.33. The van der Waals surface area contributed by atoms with E-state index in [1.54, 1.807) is 0 Å². The van der Waals surface area contributed by atoms with Gasteiger partial charge in [0.1, 0.15) is 0 Å². The molecule has 116 valence electrons. The average molecular weight is 307 g/mol. The Morgan fingerprint density at radius 2 is 1.67 bits per heavy atom. The number of piperidine rings is 1. The van der Waals surface area contributed by atoms with E-state index in [0.29, 0.717) is 12.1 Å². The van der Waals surface area contributed by atoms with Gasteiger partial charge in [-0.2, -0.15) is 0 Å². The lowest BCUT2D eigenvalue weighted by atomic mass is 9.85. The second-order valence-corrected chi connectivity index (χ2v) is 7.26. The van der Waals surface area contributed by atoms with Crippen molar-refractivity contribution in [3.8, 4) is 0 Å². The molecule has 1 aliphatic carbocycles. The van der Waals surface area contributed by atoms with Gasteiger partial charge in [0, 0.05) is 17.1 Å². The highest BCUT2D eigenvalue weighted by Gasteiger charge is 2.30. The maximum Gasteiger partial charge on any atom is 0.0406 e. The van der Waals surface area contributed by atoms with E-state index in [1.165, 1.54) is 63.6 Å². The van der Waals surface area contributed by atoms with Crippen molar-refractivity contribution in [2.75, 3.05) is 13.1 Å². The minimum absolute atomic E-state index is 0.409. The zero-order valence-electron chi connectivity index (χ0n) is 12.8. The van der Waals surface area contributed by atoms with Gasteiger partial charge < -0.3 is 5.73 Å². The molecule has 0 spiro atoms. The molecule has 0 unspecified atom stereocenters. The highest BCUT2D eigenvalue weighted by molar-refractivity contribution is 6.30. The van der Waals surface area contributed by atoms with Crippen molar-refractivity contribution >= 4 is 11.6 Å². The fourth-order valence-electron chi connectivity index (χ4n) is 4.04. The number of halogens is 1. The van der Waals surface area contributed by atoms with Crippen LogP contribution >= 0.6 is 11.6 Å². The Labute approximate surface area is 133 Å². The molecule has 3 heteroatoms. The number of hydrogen-bond acceptors (Lipinski definition) is 2. The number of nitrogens with zero attached hydrogens (tertiary/aromatic N) is 1. The van der Waals surface area contributed by atoms with Crippen molar-refractivity contribution in [2.24, 2.45) is 11.7 Å². The Bertz CT molecular complexity index is 437. The van der Waals surface area contributed by atoms with E-state index in [4.69, 9.17) is 17.3 Å². The molecule has 21 heavy (non-hydrogen) atoms. The molecule has 1 aliphatic heterocycles. The zero-order valence-corrected chi connectivity index (χ0v) is 13.6. The summed E-state index contributed by atoms with van der Waals surface area (Å²) in [6.45, 7) is 2.47. The van der Waals surface area contributed by atoms with Gasteiger partial charge in [0.15, 0.2) is 0 Å². The van der Waals surface area contributed by atoms with Crippen LogP contribution in [0.2, 0.25) is 5.02 Å². The molecule has 1 heterocycles. The van der Waals surface area contributed by atoms with E-state index in [1.807, 2.05) is 12.1 Å². The van der Waals surface area contributed by atoms with Crippen LogP contribution in [-0.2, 0) is 6.42 Å². The van der Waals surface area contributed by atoms with Crippen molar-refractivity contribution in [3.05, 3.63) is 34.9 Å². The summed E-state index contributed by atoms with van der Waals surface area (Å²) in [4.78, 5) is 2.67. The molecular weight excluding hydrogens is 280 g/mol. The minimum atomic E-state index is 0.409. The highest BCUT2D eigenvalue weighted by atomic mass is 35.5. The standard InChI is InChI=1S/C18H27ClN2/c19-16-7-5-14(6-8-16)13-15-9-11-21(12-10-15)18-4-2-1-3-17(18)20/h5-8,15,17-18H,1-4,9-13,20H2/t17-,18-/m1/s1. The molecule has 0 amide bonds. The first-order chi connectivity index (χ1) is 10.2. The molecule has 2 aliphatic rings. The Morgan fingerprint density at radius 1 is 1.00 bits per heavy atom. The summed E-state index contributed by atoms with van der Waals surface area (Å²) >= 11 is 5.95. The first kappa shape index (κ1) is 15.3. The quantitative estimate of drug-likeness (QED) is 0.918. The number of nitrogens with two attached hydrogens (primary N) is 1. The van der Waals surface area contributed by atoms with Crippen LogP contribution in [0.3, 0.4) is 0 Å². The molecule has 0 radical (unpaired) electrons. The van der Waals surface area contributed by atoms with Gasteiger partial charge in [-0.15, -0.1) is 0 Å². The smallest absolute Gasteiger partial charge is 0.0406 e. The third-order valence-corrected chi connectivity index (χ3v) is 5.59. The van der Waals surface area contributed by atoms with Crippen LogP contribution in [0.5, 0.6) is 0 Å². The van der Waals surface area contributed by atoms with E-state index in [0.717, 1.165) is 10.9 Å². The lowest BCUT2D eigenvalue weighted by Crippen LogP contribution is -2.52. The van der Waals surface area contributed by atoms with Crippen molar-refractivity contribution < 1.29 is 0 Å². The van der Waals surface area contributed by atoms with Gasteiger partial charge in [-0.3, -0.25) is 4.90 Å². The van der Waals surface area contributed by atoms with Gasteiger partial charge in [0.05, 0.1) is 0 Å². The van der Waals surface area contributed by atoms with Crippen molar-refractivity contribution in [1.82, 2.24) is 4.90 Å². The predicted molar refractivity (Wildman–Crippen MR) is 89.7 cm³/mol. The van der Waals surface area contributed by atoms with Crippen LogP contribution in [-0.4, -0.2) is 30.1 Å². The Morgan fingerprint density at radius 3 is 2.33 bits per heavy atom. The van der Waals surface area contributed by atoms with Crippen LogP contribution in [0.25, 0.3) is 0 Å². The second-order valence-electron chi connectivity index (χ2n) is 6.83. The molecule has 0 aromatic heterocycles. The number of likely N-dealkylation sites (tertiary alicyclic amines) is 1. The van der Waals surface area contributed by atoms with E-state index >= 15 is 0 Å². The molecule has 2 atom stereocenters. The van der Waals surface area contributed by atoms with E-state index < -0.39 is 0 Å². The van der Waals surface area contributed by atoms with E-state index in [-0.39, 0.29) is 0 Å². The van der Waals surface area contributed by atoms with Gasteiger partial charge in [0.2, 0.25) is 0 Å². The van der Waals surface area contributed by atoms with Gasteiger partial charge in [0.25, 0.3) is 0 Å². The molecule has 1 aromatic rings. The van der Waals surface area contributed by atoms with Crippen molar-refractivity contribution in [3.63, 3.8) is 0 Å². The lowest BCUT2D eigenvalue weighted by molar-refractivity contribution is 0.0937. The van der Waals surface area contributed by atoms with E-state index in [2.05, 4.69) is 17.0 Å². The predicted octanol–water partition coefficient (Wildman–Crippen LogP) is 3.86. The van der Waals surface area contributed by atoms with Crippen LogP contribution in [0.1, 0.15) is 44.1 Å². The molecular formula is C18H27ClN2. The van der Waals surface area contributed by atoms with Gasteiger partial charge in [-0.1, -0.05) is 36.6 Å². The van der Waals surface area contributed by atoms with Gasteiger partial charge in [-0.25, -0.2) is 0 Å². The van der Waals surface area contributed by atoms with Crippen LogP contribution < -0.4 is 5.73 Å². The molecule has 2 nitrogen and oxygen atoms in total. The molecule has 1 saturated heterocycles. The Hall–Kier alpha value is -0.570. The minimum Gasteiger partial charge on any atom is -0.326 e. The molecule has 3 rings (SSSR count).